The summed E-state index contributed by atoms with van der Waals surface area (Å²) in [6.45, 7) is 4.06. The highest BCUT2D eigenvalue weighted by Gasteiger charge is 2.27. The number of nitrogens with zero attached hydrogens (tertiary/aromatic N) is 1. The van der Waals surface area contributed by atoms with Crippen molar-refractivity contribution >= 4 is 34.0 Å². The van der Waals surface area contributed by atoms with Crippen molar-refractivity contribution in [2.45, 2.75) is 13.8 Å². The van der Waals surface area contributed by atoms with Crippen molar-refractivity contribution in [1.29, 1.82) is 0 Å². The first-order valence-corrected chi connectivity index (χ1v) is 9.27. The molecule has 0 aliphatic carbocycles. The molecule has 4 nitrogen and oxygen atoms in total. The van der Waals surface area contributed by atoms with Gasteiger partial charge < -0.3 is 10.3 Å². The number of carbonyl (C=O) groups is 1. The fourth-order valence-corrected chi connectivity index (χ4v) is 3.96. The van der Waals surface area contributed by atoms with E-state index >= 15 is 0 Å². The minimum Gasteiger partial charge on any atom is -0.359 e. The molecule has 0 unspecified atom stereocenters. The van der Waals surface area contributed by atoms with Gasteiger partial charge in [0.1, 0.15) is 0 Å². The topological polar surface area (TPSA) is 57.8 Å². The Morgan fingerprint density at radius 1 is 0.929 bits per heavy atom. The second kappa shape index (κ2) is 6.20. The number of rotatable bonds is 2. The predicted octanol–water partition coefficient (Wildman–Crippen LogP) is 5.34. The Kier molecular flexibility index (Phi) is 3.66. The number of carbonyl (C=O) groups excluding carboxylic acids is 1. The van der Waals surface area contributed by atoms with E-state index in [1.165, 1.54) is 0 Å². The molecule has 2 N–H and O–H groups in total. The number of hydrogen-bond acceptors (Lipinski definition) is 2. The van der Waals surface area contributed by atoms with Crippen LogP contribution < -0.4 is 5.32 Å². The molecule has 0 radical (unpaired) electrons. The maximum atomic E-state index is 12.8. The Hall–Kier alpha value is -3.66. The lowest BCUT2D eigenvalue weighted by molar-refractivity contribution is -0.110. The number of aryl methyl sites for hydroxylation is 2. The van der Waals surface area contributed by atoms with E-state index in [0.29, 0.717) is 5.57 Å². The molecule has 2 aromatic carbocycles. The predicted molar refractivity (Wildman–Crippen MR) is 114 cm³/mol. The molecular weight excluding hydrogens is 346 g/mol. The lowest BCUT2D eigenvalue weighted by atomic mass is 9.96. The van der Waals surface area contributed by atoms with Gasteiger partial charge in [0.2, 0.25) is 0 Å². The number of benzene rings is 2. The van der Waals surface area contributed by atoms with Gasteiger partial charge >= 0.3 is 0 Å². The van der Waals surface area contributed by atoms with Gasteiger partial charge in [0.25, 0.3) is 5.91 Å². The van der Waals surface area contributed by atoms with E-state index in [0.717, 1.165) is 50.1 Å². The van der Waals surface area contributed by atoms with Crippen LogP contribution in [0.1, 0.15) is 22.5 Å². The van der Waals surface area contributed by atoms with Gasteiger partial charge in [-0.3, -0.25) is 9.78 Å². The second-order valence-corrected chi connectivity index (χ2v) is 7.20. The van der Waals surface area contributed by atoms with Crippen molar-refractivity contribution < 1.29 is 4.79 Å². The monoisotopic (exact) mass is 365 g/mol. The first kappa shape index (κ1) is 16.5. The molecule has 3 heterocycles. The first-order valence-electron chi connectivity index (χ1n) is 9.27. The number of para-hydroxylation sites is 1. The van der Waals surface area contributed by atoms with E-state index in [9.17, 15) is 4.79 Å². The van der Waals surface area contributed by atoms with Gasteiger partial charge in [-0.1, -0.05) is 42.5 Å². The summed E-state index contributed by atoms with van der Waals surface area (Å²) in [7, 11) is 0. The van der Waals surface area contributed by atoms with E-state index < -0.39 is 0 Å². The molecule has 4 heteroatoms. The minimum atomic E-state index is -0.0812. The van der Waals surface area contributed by atoms with Crippen LogP contribution in [0.4, 0.5) is 5.69 Å². The molecular formula is C24H19N3O. The Labute approximate surface area is 162 Å². The van der Waals surface area contributed by atoms with E-state index in [-0.39, 0.29) is 5.91 Å². The molecule has 0 bridgehead atoms. The molecule has 4 aromatic rings. The van der Waals surface area contributed by atoms with Crippen molar-refractivity contribution in [1.82, 2.24) is 9.97 Å². The standard InChI is InChI=1S/C24H19N3O/c1-14-10-15(2)26-22(14)11-20-18-8-5-9-19(23(18)27-24(20)28)21-13-25-12-16-6-3-4-7-17(16)21/h3-13,26H,1-2H3,(H,27,28)/b20-11-. The third-order valence-corrected chi connectivity index (χ3v) is 5.27. The zero-order valence-corrected chi connectivity index (χ0v) is 15.7. The molecule has 136 valence electrons. The van der Waals surface area contributed by atoms with Crippen LogP contribution in [0.2, 0.25) is 0 Å². The van der Waals surface area contributed by atoms with Gasteiger partial charge in [-0.25, -0.2) is 0 Å². The number of anilines is 1. The summed E-state index contributed by atoms with van der Waals surface area (Å²) in [4.78, 5) is 20.5. The summed E-state index contributed by atoms with van der Waals surface area (Å²) in [5, 5.41) is 5.27. The van der Waals surface area contributed by atoms with Crippen LogP contribution in [-0.4, -0.2) is 15.9 Å². The van der Waals surface area contributed by atoms with Gasteiger partial charge in [0.15, 0.2) is 0 Å². The van der Waals surface area contributed by atoms with Crippen molar-refractivity contribution in [2.75, 3.05) is 5.32 Å². The van der Waals surface area contributed by atoms with Crippen LogP contribution >= 0.6 is 0 Å². The summed E-state index contributed by atoms with van der Waals surface area (Å²) >= 11 is 0. The smallest absolute Gasteiger partial charge is 0.256 e. The van der Waals surface area contributed by atoms with Gasteiger partial charge in [-0.05, 0) is 36.9 Å². The molecule has 0 saturated carbocycles. The molecule has 28 heavy (non-hydrogen) atoms. The lowest BCUT2D eigenvalue weighted by Crippen LogP contribution is -2.04. The van der Waals surface area contributed by atoms with Crippen LogP contribution in [0, 0.1) is 13.8 Å². The molecule has 0 fully saturated rings. The van der Waals surface area contributed by atoms with E-state index in [2.05, 4.69) is 33.5 Å². The van der Waals surface area contributed by atoms with E-state index in [4.69, 9.17) is 0 Å². The molecule has 5 rings (SSSR count). The molecule has 1 aliphatic heterocycles. The number of hydrogen-bond donors (Lipinski definition) is 2. The van der Waals surface area contributed by atoms with Crippen LogP contribution in [-0.2, 0) is 4.79 Å². The molecule has 0 atom stereocenters. The molecule has 0 spiro atoms. The Morgan fingerprint density at radius 3 is 2.57 bits per heavy atom. The van der Waals surface area contributed by atoms with E-state index in [1.54, 1.807) is 0 Å². The zero-order chi connectivity index (χ0) is 19.3. The van der Waals surface area contributed by atoms with Crippen molar-refractivity contribution in [2.24, 2.45) is 0 Å². The van der Waals surface area contributed by atoms with Crippen LogP contribution in [0.15, 0.2) is 60.9 Å². The second-order valence-electron chi connectivity index (χ2n) is 7.20. The Morgan fingerprint density at radius 2 is 1.75 bits per heavy atom. The number of aromatic amines is 1. The van der Waals surface area contributed by atoms with Crippen LogP contribution in [0.3, 0.4) is 0 Å². The van der Waals surface area contributed by atoms with Crippen molar-refractivity contribution in [3.63, 3.8) is 0 Å². The number of pyridine rings is 1. The zero-order valence-electron chi connectivity index (χ0n) is 15.7. The normalized spacial score (nSPS) is 14.5. The summed E-state index contributed by atoms with van der Waals surface area (Å²) < 4.78 is 0. The number of H-pyrrole nitrogens is 1. The Bertz CT molecular complexity index is 1280. The third-order valence-electron chi connectivity index (χ3n) is 5.27. The summed E-state index contributed by atoms with van der Waals surface area (Å²) in [5.74, 6) is -0.0812. The minimum absolute atomic E-state index is 0.0812. The first-order chi connectivity index (χ1) is 13.6. The van der Waals surface area contributed by atoms with Crippen LogP contribution in [0.25, 0.3) is 33.5 Å². The summed E-state index contributed by atoms with van der Waals surface area (Å²) in [6.07, 6.45) is 5.67. The maximum Gasteiger partial charge on any atom is 0.256 e. The third kappa shape index (κ3) is 2.54. The highest BCUT2D eigenvalue weighted by molar-refractivity contribution is 6.36. The number of nitrogens with one attached hydrogen (secondary N) is 2. The average Bonchev–Trinajstić information content (AvgIpc) is 3.19. The van der Waals surface area contributed by atoms with Crippen LogP contribution in [0.5, 0.6) is 0 Å². The summed E-state index contributed by atoms with van der Waals surface area (Å²) in [5.41, 5.74) is 7.61. The fourth-order valence-electron chi connectivity index (χ4n) is 3.96. The quantitative estimate of drug-likeness (QED) is 0.471. The highest BCUT2D eigenvalue weighted by Crippen LogP contribution is 2.42. The molecule has 0 saturated heterocycles. The Balaban J connectivity index is 1.71. The summed E-state index contributed by atoms with van der Waals surface area (Å²) in [6, 6.07) is 16.3. The van der Waals surface area contributed by atoms with E-state index in [1.807, 2.05) is 62.6 Å². The highest BCUT2D eigenvalue weighted by atomic mass is 16.2. The van der Waals surface area contributed by atoms with Gasteiger partial charge in [-0.15, -0.1) is 0 Å². The largest absolute Gasteiger partial charge is 0.359 e. The fraction of sp³-hybridized carbons (Fsp3) is 0.0833. The van der Waals surface area contributed by atoms with Gasteiger partial charge in [-0.2, -0.15) is 0 Å². The molecule has 2 aromatic heterocycles. The molecule has 1 aliphatic rings. The SMILES string of the molecule is Cc1cc(C)c(/C=C2\C(=O)Nc3c2cccc3-c2cncc3ccccc23)[nH]1. The number of amides is 1. The lowest BCUT2D eigenvalue weighted by Gasteiger charge is -2.10. The number of fused-ring (bicyclic) bond motifs is 2. The van der Waals surface area contributed by atoms with Crippen molar-refractivity contribution in [3.8, 4) is 11.1 Å². The average molecular weight is 365 g/mol. The molecule has 1 amide bonds. The number of aromatic nitrogens is 2. The van der Waals surface area contributed by atoms with Gasteiger partial charge in [0, 0.05) is 45.9 Å². The van der Waals surface area contributed by atoms with Gasteiger partial charge in [0.05, 0.1) is 11.3 Å². The van der Waals surface area contributed by atoms with Crippen molar-refractivity contribution in [3.05, 3.63) is 83.4 Å². The maximum absolute atomic E-state index is 12.8.